The summed E-state index contributed by atoms with van der Waals surface area (Å²) >= 11 is 0. The van der Waals surface area contributed by atoms with E-state index >= 15 is 0 Å². The van der Waals surface area contributed by atoms with Crippen molar-refractivity contribution in [1.29, 1.82) is 0 Å². The van der Waals surface area contributed by atoms with Crippen molar-refractivity contribution < 1.29 is 28.3 Å². The van der Waals surface area contributed by atoms with Gasteiger partial charge in [0.15, 0.2) is 0 Å². The predicted octanol–water partition coefficient (Wildman–Crippen LogP) is 2.64. The van der Waals surface area contributed by atoms with Crippen molar-refractivity contribution in [2.45, 2.75) is 65.3 Å². The SMILES string of the molecule is COc1cc(B2OC(C)(C)C(C)(C)O2)c(OCCN(C)C(=O)OC(C)(C)C)cn1. The molecule has 162 valence electrons. The minimum atomic E-state index is -0.615. The fraction of sp³-hybridized carbons (Fsp3) is 0.700. The number of ether oxygens (including phenoxy) is 3. The van der Waals surface area contributed by atoms with Gasteiger partial charge in [-0.1, -0.05) is 0 Å². The molecule has 29 heavy (non-hydrogen) atoms. The van der Waals surface area contributed by atoms with Crippen LogP contribution in [-0.4, -0.2) is 67.2 Å². The molecule has 0 saturated carbocycles. The molecule has 1 aromatic rings. The molecule has 2 rings (SSSR count). The molecule has 0 aliphatic carbocycles. The van der Waals surface area contributed by atoms with Crippen molar-refractivity contribution in [3.8, 4) is 11.6 Å². The second kappa shape index (κ2) is 8.40. The van der Waals surface area contributed by atoms with E-state index in [1.165, 1.54) is 4.90 Å². The third kappa shape index (κ3) is 5.76. The maximum atomic E-state index is 12.1. The molecular formula is C20H33BN2O6. The van der Waals surface area contributed by atoms with E-state index in [-0.39, 0.29) is 6.61 Å². The van der Waals surface area contributed by atoms with Crippen LogP contribution < -0.4 is 14.9 Å². The fourth-order valence-electron chi connectivity index (χ4n) is 2.55. The summed E-state index contributed by atoms with van der Waals surface area (Å²) in [7, 11) is 2.60. The third-order valence-corrected chi connectivity index (χ3v) is 4.98. The first-order valence-corrected chi connectivity index (χ1v) is 9.72. The number of carbonyl (C=O) groups is 1. The highest BCUT2D eigenvalue weighted by atomic mass is 16.7. The molecule has 1 aliphatic rings. The van der Waals surface area contributed by atoms with Crippen LogP contribution in [-0.2, 0) is 14.0 Å². The first-order chi connectivity index (χ1) is 13.3. The van der Waals surface area contributed by atoms with Crippen molar-refractivity contribution in [2.24, 2.45) is 0 Å². The van der Waals surface area contributed by atoms with E-state index in [1.54, 1.807) is 26.4 Å². The van der Waals surface area contributed by atoms with Crippen LogP contribution in [0, 0.1) is 0 Å². The number of methoxy groups -OCH3 is 1. The number of aromatic nitrogens is 1. The van der Waals surface area contributed by atoms with Gasteiger partial charge in [0.05, 0.1) is 31.1 Å². The number of rotatable bonds is 6. The predicted molar refractivity (Wildman–Crippen MR) is 111 cm³/mol. The maximum Gasteiger partial charge on any atom is 0.498 e. The average Bonchev–Trinajstić information content (AvgIpc) is 2.81. The standard InChI is InChI=1S/C20H33BN2O6/c1-18(2,3)27-17(24)23(8)10-11-26-15-13-22-16(25-9)12-14(15)21-28-19(4,5)20(6,7)29-21/h12-13H,10-11H2,1-9H3. The molecule has 9 heteroatoms. The summed E-state index contributed by atoms with van der Waals surface area (Å²) in [6.07, 6.45) is 1.17. The summed E-state index contributed by atoms with van der Waals surface area (Å²) in [5.41, 5.74) is -0.823. The van der Waals surface area contributed by atoms with Crippen LogP contribution in [0.4, 0.5) is 4.79 Å². The van der Waals surface area contributed by atoms with Crippen LogP contribution in [0.5, 0.6) is 11.6 Å². The van der Waals surface area contributed by atoms with Crippen LogP contribution >= 0.6 is 0 Å². The van der Waals surface area contributed by atoms with Gasteiger partial charge in [0.2, 0.25) is 5.88 Å². The first kappa shape index (κ1) is 23.3. The summed E-state index contributed by atoms with van der Waals surface area (Å²) in [4.78, 5) is 17.8. The average molecular weight is 408 g/mol. The lowest BCUT2D eigenvalue weighted by atomic mass is 9.79. The van der Waals surface area contributed by atoms with Crippen molar-refractivity contribution in [1.82, 2.24) is 9.88 Å². The number of hydrogen-bond donors (Lipinski definition) is 0. The lowest BCUT2D eigenvalue weighted by Crippen LogP contribution is -2.41. The normalized spacial score (nSPS) is 17.8. The Bertz CT molecular complexity index is 716. The molecule has 0 aromatic carbocycles. The van der Waals surface area contributed by atoms with Gasteiger partial charge in [-0.05, 0) is 48.5 Å². The van der Waals surface area contributed by atoms with Crippen molar-refractivity contribution in [3.63, 3.8) is 0 Å². The van der Waals surface area contributed by atoms with Gasteiger partial charge in [-0.3, -0.25) is 0 Å². The zero-order chi connectivity index (χ0) is 22.0. The molecule has 0 radical (unpaired) electrons. The van der Waals surface area contributed by atoms with Crippen molar-refractivity contribution in [3.05, 3.63) is 12.3 Å². The Hall–Kier alpha value is -2.00. The third-order valence-electron chi connectivity index (χ3n) is 4.98. The molecule has 0 unspecified atom stereocenters. The van der Waals surface area contributed by atoms with Gasteiger partial charge in [0, 0.05) is 18.6 Å². The Morgan fingerprint density at radius 2 is 1.79 bits per heavy atom. The number of hydrogen-bond acceptors (Lipinski definition) is 7. The Balaban J connectivity index is 2.09. The summed E-state index contributed by atoms with van der Waals surface area (Å²) < 4.78 is 28.8. The summed E-state index contributed by atoms with van der Waals surface area (Å²) in [6.45, 7) is 14.0. The smallest absolute Gasteiger partial charge is 0.490 e. The number of nitrogens with zero attached hydrogens (tertiary/aromatic N) is 2. The Morgan fingerprint density at radius 1 is 1.21 bits per heavy atom. The number of pyridine rings is 1. The van der Waals surface area contributed by atoms with Gasteiger partial charge < -0.3 is 28.4 Å². The molecule has 1 aromatic heterocycles. The topological polar surface area (TPSA) is 79.4 Å². The Labute approximate surface area is 174 Å². The van der Waals surface area contributed by atoms with E-state index < -0.39 is 30.0 Å². The summed E-state index contributed by atoms with van der Waals surface area (Å²) in [6, 6.07) is 1.75. The largest absolute Gasteiger partial charge is 0.498 e. The lowest BCUT2D eigenvalue weighted by Gasteiger charge is -2.32. The molecule has 1 fully saturated rings. The second-order valence-electron chi connectivity index (χ2n) is 9.10. The molecule has 0 spiro atoms. The highest BCUT2D eigenvalue weighted by molar-refractivity contribution is 6.63. The molecule has 0 N–H and O–H groups in total. The van der Waals surface area contributed by atoms with E-state index in [9.17, 15) is 4.79 Å². The van der Waals surface area contributed by atoms with Crippen LogP contribution in [0.2, 0.25) is 0 Å². The van der Waals surface area contributed by atoms with Crippen molar-refractivity contribution in [2.75, 3.05) is 27.3 Å². The number of carbonyl (C=O) groups excluding carboxylic acids is 1. The van der Waals surface area contributed by atoms with Crippen LogP contribution in [0.15, 0.2) is 12.3 Å². The van der Waals surface area contributed by atoms with E-state index in [0.717, 1.165) is 0 Å². The molecule has 2 heterocycles. The summed E-state index contributed by atoms with van der Waals surface area (Å²) in [5.74, 6) is 0.954. The number of likely N-dealkylation sites (N-methyl/N-ethyl adjacent to an activating group) is 1. The lowest BCUT2D eigenvalue weighted by molar-refractivity contribution is 0.00578. The minimum Gasteiger partial charge on any atom is -0.490 e. The van der Waals surface area contributed by atoms with E-state index in [4.69, 9.17) is 23.5 Å². The molecule has 0 atom stereocenters. The maximum absolute atomic E-state index is 12.1. The van der Waals surface area contributed by atoms with Crippen molar-refractivity contribution >= 4 is 18.7 Å². The molecular weight excluding hydrogens is 375 g/mol. The molecule has 8 nitrogen and oxygen atoms in total. The van der Waals surface area contributed by atoms with E-state index in [0.29, 0.717) is 23.6 Å². The van der Waals surface area contributed by atoms with Gasteiger partial charge >= 0.3 is 13.2 Å². The molecule has 0 bridgehead atoms. The van der Waals surface area contributed by atoms with Gasteiger partial charge in [-0.15, -0.1) is 0 Å². The van der Waals surface area contributed by atoms with Gasteiger partial charge in [-0.2, -0.15) is 0 Å². The summed E-state index contributed by atoms with van der Waals surface area (Å²) in [5, 5.41) is 0. The van der Waals surface area contributed by atoms with Gasteiger partial charge in [-0.25, -0.2) is 9.78 Å². The second-order valence-corrected chi connectivity index (χ2v) is 9.10. The quantitative estimate of drug-likeness (QED) is 0.670. The highest BCUT2D eigenvalue weighted by Crippen LogP contribution is 2.37. The van der Waals surface area contributed by atoms with Crippen LogP contribution in [0.1, 0.15) is 48.5 Å². The zero-order valence-electron chi connectivity index (χ0n) is 19.0. The molecule has 1 saturated heterocycles. The Morgan fingerprint density at radius 3 is 2.31 bits per heavy atom. The van der Waals surface area contributed by atoms with E-state index in [1.807, 2.05) is 48.5 Å². The molecule has 1 aliphatic heterocycles. The zero-order valence-corrected chi connectivity index (χ0v) is 19.0. The van der Waals surface area contributed by atoms with Crippen LogP contribution in [0.25, 0.3) is 0 Å². The highest BCUT2D eigenvalue weighted by Gasteiger charge is 2.52. The number of amides is 1. The minimum absolute atomic E-state index is 0.260. The fourth-order valence-corrected chi connectivity index (χ4v) is 2.55. The van der Waals surface area contributed by atoms with Crippen LogP contribution in [0.3, 0.4) is 0 Å². The van der Waals surface area contributed by atoms with Gasteiger partial charge in [0.25, 0.3) is 0 Å². The van der Waals surface area contributed by atoms with Gasteiger partial charge in [0.1, 0.15) is 18.0 Å². The monoisotopic (exact) mass is 408 g/mol. The molecule has 1 amide bonds. The van der Waals surface area contributed by atoms with E-state index in [2.05, 4.69) is 4.98 Å². The Kier molecular flexibility index (Phi) is 6.74. The first-order valence-electron chi connectivity index (χ1n) is 9.72.